The Morgan fingerprint density at radius 3 is 1.79 bits per heavy atom. The van der Waals surface area contributed by atoms with Gasteiger partial charge in [-0.05, 0) is 29.8 Å². The molecule has 0 saturated carbocycles. The average Bonchev–Trinajstić information content (AvgIpc) is 2.68. The third-order valence-corrected chi connectivity index (χ3v) is 3.73. The normalized spacial score (nSPS) is 11.3. The molecule has 0 saturated heterocycles. The van der Waals surface area contributed by atoms with Gasteiger partial charge in [-0.3, -0.25) is 0 Å². The van der Waals surface area contributed by atoms with Gasteiger partial charge in [-0.2, -0.15) is 26.3 Å². The fraction of sp³-hybridized carbons (Fsp3) is 0.375. The van der Waals surface area contributed by atoms with Crippen LogP contribution in [0.4, 0.5) is 38.0 Å². The molecule has 182 valence electrons. The lowest BCUT2D eigenvalue weighted by molar-refractivity contribution is -0.142. The molecule has 10 nitrogen and oxygen atoms in total. The summed E-state index contributed by atoms with van der Waals surface area (Å²) in [5.41, 5.74) is 6.98. The van der Waals surface area contributed by atoms with Crippen LogP contribution in [0.1, 0.15) is 46.2 Å². The molecule has 0 fully saturated rings. The van der Waals surface area contributed by atoms with Crippen molar-refractivity contribution in [3.05, 3.63) is 33.6 Å². The van der Waals surface area contributed by atoms with Crippen LogP contribution in [-0.2, 0) is 21.8 Å². The number of esters is 2. The molecule has 0 aliphatic heterocycles. The van der Waals surface area contributed by atoms with Crippen molar-refractivity contribution in [3.63, 3.8) is 0 Å². The Kier molecular flexibility index (Phi) is 9.32. The third kappa shape index (κ3) is 7.69. The zero-order valence-corrected chi connectivity index (χ0v) is 18.3. The van der Waals surface area contributed by atoms with Crippen molar-refractivity contribution >= 4 is 39.5 Å². The lowest BCUT2D eigenvalue weighted by atomic mass is 10.3. The van der Waals surface area contributed by atoms with Crippen LogP contribution in [0, 0.1) is 0 Å². The van der Waals surface area contributed by atoms with Crippen molar-refractivity contribution in [2.75, 3.05) is 24.7 Å². The predicted octanol–water partition coefficient (Wildman–Crippen LogP) is 3.27. The van der Waals surface area contributed by atoms with Crippen LogP contribution in [0.15, 0.2) is 10.8 Å². The molecule has 2 aromatic heterocycles. The van der Waals surface area contributed by atoms with Crippen molar-refractivity contribution in [1.82, 2.24) is 19.9 Å². The highest BCUT2D eigenvalue weighted by Gasteiger charge is 2.37. The number of aromatic nitrogens is 4. The molecular formula is C16H15BrF6N6O4. The molecule has 0 aliphatic carbocycles. The van der Waals surface area contributed by atoms with E-state index in [9.17, 15) is 35.9 Å². The summed E-state index contributed by atoms with van der Waals surface area (Å²) < 4.78 is 82.2. The number of nitrogen functional groups attached to an aromatic ring is 2. The lowest BCUT2D eigenvalue weighted by Gasteiger charge is -2.10. The highest BCUT2D eigenvalue weighted by atomic mass is 79.9. The van der Waals surface area contributed by atoms with E-state index in [-0.39, 0.29) is 13.2 Å². The minimum Gasteiger partial charge on any atom is -0.461 e. The molecule has 0 atom stereocenters. The first-order valence-electron chi connectivity index (χ1n) is 8.57. The predicted molar refractivity (Wildman–Crippen MR) is 103 cm³/mol. The fourth-order valence-electron chi connectivity index (χ4n) is 1.85. The molecule has 2 heterocycles. The van der Waals surface area contributed by atoms with E-state index in [2.05, 4.69) is 45.3 Å². The fourth-order valence-corrected chi connectivity index (χ4v) is 2.35. The number of nitrogens with two attached hydrogens (primary N) is 2. The molecule has 0 unspecified atom stereocenters. The van der Waals surface area contributed by atoms with Crippen molar-refractivity contribution < 1.29 is 45.4 Å². The third-order valence-electron chi connectivity index (χ3n) is 3.18. The van der Waals surface area contributed by atoms with Gasteiger partial charge >= 0.3 is 24.3 Å². The van der Waals surface area contributed by atoms with Gasteiger partial charge < -0.3 is 20.9 Å². The van der Waals surface area contributed by atoms with Gasteiger partial charge in [-0.15, -0.1) is 0 Å². The maximum atomic E-state index is 12.4. The number of carbonyl (C=O) groups excluding carboxylic acids is 2. The van der Waals surface area contributed by atoms with Crippen molar-refractivity contribution in [2.24, 2.45) is 0 Å². The lowest BCUT2D eigenvalue weighted by Crippen LogP contribution is -2.17. The zero-order valence-electron chi connectivity index (χ0n) is 16.7. The quantitative estimate of drug-likeness (QED) is 0.429. The first-order chi connectivity index (χ1) is 15.1. The molecular weight excluding hydrogens is 534 g/mol. The van der Waals surface area contributed by atoms with E-state index in [1.165, 1.54) is 0 Å². The van der Waals surface area contributed by atoms with E-state index in [1.54, 1.807) is 13.8 Å². The summed E-state index contributed by atoms with van der Waals surface area (Å²) in [6, 6.07) is 0. The Hall–Kier alpha value is -3.24. The number of anilines is 2. The van der Waals surface area contributed by atoms with Crippen LogP contribution >= 0.6 is 15.9 Å². The summed E-state index contributed by atoms with van der Waals surface area (Å²) in [5.74, 6) is -3.06. The van der Waals surface area contributed by atoms with Crippen LogP contribution in [0.3, 0.4) is 0 Å². The molecule has 33 heavy (non-hydrogen) atoms. The van der Waals surface area contributed by atoms with Crippen molar-refractivity contribution in [2.45, 2.75) is 26.2 Å². The molecule has 17 heteroatoms. The minimum absolute atomic E-state index is 0.0542. The zero-order chi connectivity index (χ0) is 25.6. The number of alkyl halides is 6. The van der Waals surface area contributed by atoms with E-state index < -0.39 is 63.3 Å². The minimum atomic E-state index is -4.70. The number of hydrogen-bond donors (Lipinski definition) is 2. The van der Waals surface area contributed by atoms with Gasteiger partial charge in [0.2, 0.25) is 0 Å². The Labute approximate surface area is 189 Å². The molecule has 0 bridgehead atoms. The van der Waals surface area contributed by atoms with Gasteiger partial charge in [0.1, 0.15) is 4.60 Å². The second-order valence-corrected chi connectivity index (χ2v) is 6.27. The summed E-state index contributed by atoms with van der Waals surface area (Å²) in [6.45, 7) is 3.21. The van der Waals surface area contributed by atoms with E-state index in [4.69, 9.17) is 11.5 Å². The monoisotopic (exact) mass is 548 g/mol. The van der Waals surface area contributed by atoms with Crippen LogP contribution < -0.4 is 11.5 Å². The molecule has 0 amide bonds. The van der Waals surface area contributed by atoms with E-state index >= 15 is 0 Å². The largest absolute Gasteiger partial charge is 0.461 e. The number of hydrogen-bond acceptors (Lipinski definition) is 10. The van der Waals surface area contributed by atoms with E-state index in [0.717, 1.165) is 0 Å². The maximum Gasteiger partial charge on any atom is 0.436 e. The van der Waals surface area contributed by atoms with Gasteiger partial charge in [0, 0.05) is 0 Å². The number of halogens is 7. The molecule has 0 aromatic carbocycles. The molecule has 0 aliphatic rings. The second-order valence-electron chi connectivity index (χ2n) is 5.52. The van der Waals surface area contributed by atoms with Crippen LogP contribution in [0.2, 0.25) is 0 Å². The van der Waals surface area contributed by atoms with Gasteiger partial charge in [0.15, 0.2) is 34.4 Å². The standard InChI is InChI=1S/C8H7BrF3N3O2.C8H8F3N3O2/c1-2-17-7(16)3-6(13)15-4(5(9)14-3)8(10,11)12;1-2-16-7(15)5-6(12)14-4(3-13-5)8(9,10)11/h2H2,1H3,(H2,13,15);3H,2H2,1H3,(H2,12,14). The summed E-state index contributed by atoms with van der Waals surface area (Å²) in [5, 5.41) is 0. The highest BCUT2D eigenvalue weighted by molar-refractivity contribution is 9.10. The van der Waals surface area contributed by atoms with Crippen LogP contribution in [0.25, 0.3) is 0 Å². The summed E-state index contributed by atoms with van der Waals surface area (Å²) >= 11 is 2.58. The Bertz CT molecular complexity index is 1020. The maximum absolute atomic E-state index is 12.4. The Morgan fingerprint density at radius 2 is 1.36 bits per heavy atom. The van der Waals surface area contributed by atoms with Crippen molar-refractivity contribution in [3.8, 4) is 0 Å². The molecule has 2 aromatic rings. The first-order valence-corrected chi connectivity index (χ1v) is 9.36. The summed E-state index contributed by atoms with van der Waals surface area (Å²) in [4.78, 5) is 35.2. The number of ether oxygens (including phenoxy) is 2. The number of nitrogens with zero attached hydrogens (tertiary/aromatic N) is 4. The van der Waals surface area contributed by atoms with E-state index in [1.807, 2.05) is 0 Å². The number of carbonyl (C=O) groups is 2. The SMILES string of the molecule is CCOC(=O)c1nc(Br)c(C(F)(F)F)nc1N.CCOC(=O)c1ncc(C(F)(F)F)nc1N. The smallest absolute Gasteiger partial charge is 0.436 e. The molecule has 0 radical (unpaired) electrons. The highest BCUT2D eigenvalue weighted by Crippen LogP contribution is 2.33. The van der Waals surface area contributed by atoms with E-state index in [0.29, 0.717) is 6.20 Å². The summed E-state index contributed by atoms with van der Waals surface area (Å²) in [7, 11) is 0. The van der Waals surface area contributed by atoms with Crippen LogP contribution in [-0.4, -0.2) is 45.1 Å². The topological polar surface area (TPSA) is 156 Å². The second kappa shape index (κ2) is 11.1. The first kappa shape index (κ1) is 27.8. The Morgan fingerprint density at radius 1 is 0.879 bits per heavy atom. The van der Waals surface area contributed by atoms with Gasteiger partial charge in [0.25, 0.3) is 0 Å². The molecule has 2 rings (SSSR count). The van der Waals surface area contributed by atoms with Crippen molar-refractivity contribution in [1.29, 1.82) is 0 Å². The Balaban J connectivity index is 0.000000331. The molecule has 0 spiro atoms. The van der Waals surface area contributed by atoms with Gasteiger partial charge in [0.05, 0.1) is 19.4 Å². The van der Waals surface area contributed by atoms with Crippen LogP contribution in [0.5, 0.6) is 0 Å². The average molecular weight is 549 g/mol. The molecule has 4 N–H and O–H groups in total. The van der Waals surface area contributed by atoms with Gasteiger partial charge in [-0.1, -0.05) is 0 Å². The van der Waals surface area contributed by atoms with Gasteiger partial charge in [-0.25, -0.2) is 29.5 Å². The summed E-state index contributed by atoms with van der Waals surface area (Å²) in [6.07, 6.45) is -8.91. The number of rotatable bonds is 4.